The van der Waals surface area contributed by atoms with Crippen LogP contribution in [-0.4, -0.2) is 27.6 Å². The van der Waals surface area contributed by atoms with Gasteiger partial charge in [0.05, 0.1) is 0 Å². The summed E-state index contributed by atoms with van der Waals surface area (Å²) < 4.78 is 1.32. The number of amides is 1. The molecule has 6 heteroatoms. The predicted octanol–water partition coefficient (Wildman–Crippen LogP) is -0.412. The maximum Gasteiger partial charge on any atom is 0.325 e. The Bertz CT molecular complexity index is 478. The van der Waals surface area contributed by atoms with Crippen molar-refractivity contribution in [1.29, 1.82) is 0 Å². The summed E-state index contributed by atoms with van der Waals surface area (Å²) in [5, 5.41) is 10.9. The van der Waals surface area contributed by atoms with E-state index >= 15 is 0 Å². The summed E-state index contributed by atoms with van der Waals surface area (Å²) >= 11 is 0. The summed E-state index contributed by atoms with van der Waals surface area (Å²) in [5.41, 5.74) is -0.174. The SMILES string of the molecule is CC(NC(=O)c1ccn(C)c(=O)c1)C(=O)O. The van der Waals surface area contributed by atoms with Gasteiger partial charge in [-0.25, -0.2) is 0 Å². The van der Waals surface area contributed by atoms with E-state index in [2.05, 4.69) is 5.32 Å². The topological polar surface area (TPSA) is 88.4 Å². The molecule has 1 atom stereocenters. The molecule has 1 aromatic rings. The second-order valence-corrected chi connectivity index (χ2v) is 3.40. The zero-order valence-corrected chi connectivity index (χ0v) is 8.93. The van der Waals surface area contributed by atoms with Gasteiger partial charge in [0, 0.05) is 24.9 Å². The molecule has 0 bridgehead atoms. The lowest BCUT2D eigenvalue weighted by Crippen LogP contribution is -2.38. The van der Waals surface area contributed by atoms with Gasteiger partial charge in [0.2, 0.25) is 0 Å². The minimum absolute atomic E-state index is 0.149. The predicted molar refractivity (Wildman–Crippen MR) is 56.2 cm³/mol. The molecule has 0 aliphatic heterocycles. The molecule has 86 valence electrons. The van der Waals surface area contributed by atoms with Crippen molar-refractivity contribution in [1.82, 2.24) is 9.88 Å². The van der Waals surface area contributed by atoms with Crippen molar-refractivity contribution in [2.75, 3.05) is 0 Å². The summed E-state index contributed by atoms with van der Waals surface area (Å²) in [6.45, 7) is 1.35. The van der Waals surface area contributed by atoms with Gasteiger partial charge in [-0.05, 0) is 13.0 Å². The number of aromatic nitrogens is 1. The molecule has 1 heterocycles. The van der Waals surface area contributed by atoms with Gasteiger partial charge in [-0.2, -0.15) is 0 Å². The Morgan fingerprint density at radius 3 is 2.62 bits per heavy atom. The van der Waals surface area contributed by atoms with Crippen molar-refractivity contribution in [3.63, 3.8) is 0 Å². The minimum Gasteiger partial charge on any atom is -0.480 e. The van der Waals surface area contributed by atoms with Crippen LogP contribution in [0.1, 0.15) is 17.3 Å². The molecule has 2 N–H and O–H groups in total. The van der Waals surface area contributed by atoms with Crippen molar-refractivity contribution in [2.24, 2.45) is 7.05 Å². The number of rotatable bonds is 3. The summed E-state index contributed by atoms with van der Waals surface area (Å²) in [4.78, 5) is 33.2. The van der Waals surface area contributed by atoms with Crippen LogP contribution in [0.15, 0.2) is 23.1 Å². The van der Waals surface area contributed by atoms with E-state index in [4.69, 9.17) is 5.11 Å². The van der Waals surface area contributed by atoms with Gasteiger partial charge in [-0.3, -0.25) is 14.4 Å². The third-order valence-corrected chi connectivity index (χ3v) is 2.08. The number of hydrogen-bond donors (Lipinski definition) is 2. The van der Waals surface area contributed by atoms with Gasteiger partial charge < -0.3 is 15.0 Å². The van der Waals surface area contributed by atoms with Crippen LogP contribution >= 0.6 is 0 Å². The first-order chi connectivity index (χ1) is 7.41. The number of nitrogens with zero attached hydrogens (tertiary/aromatic N) is 1. The van der Waals surface area contributed by atoms with E-state index < -0.39 is 17.9 Å². The quantitative estimate of drug-likeness (QED) is 0.730. The molecular weight excluding hydrogens is 212 g/mol. The Kier molecular flexibility index (Phi) is 3.44. The fraction of sp³-hybridized carbons (Fsp3) is 0.300. The number of pyridine rings is 1. The second-order valence-electron chi connectivity index (χ2n) is 3.40. The van der Waals surface area contributed by atoms with Crippen molar-refractivity contribution in [3.8, 4) is 0 Å². The maximum absolute atomic E-state index is 11.5. The number of carbonyl (C=O) groups is 2. The molecule has 16 heavy (non-hydrogen) atoms. The number of carboxylic acids is 1. The highest BCUT2D eigenvalue weighted by Crippen LogP contribution is 1.95. The Labute approximate surface area is 91.5 Å². The zero-order chi connectivity index (χ0) is 12.3. The number of carbonyl (C=O) groups excluding carboxylic acids is 1. The van der Waals surface area contributed by atoms with Crippen molar-refractivity contribution in [3.05, 3.63) is 34.2 Å². The van der Waals surface area contributed by atoms with Gasteiger partial charge in [0.1, 0.15) is 6.04 Å². The van der Waals surface area contributed by atoms with E-state index in [0.717, 1.165) is 6.07 Å². The van der Waals surface area contributed by atoms with Gasteiger partial charge in [0.15, 0.2) is 0 Å². The average molecular weight is 224 g/mol. The third kappa shape index (κ3) is 2.69. The normalized spacial score (nSPS) is 11.9. The van der Waals surface area contributed by atoms with Crippen LogP contribution < -0.4 is 10.9 Å². The molecule has 0 fully saturated rings. The average Bonchev–Trinajstić information content (AvgIpc) is 2.21. The number of aliphatic carboxylic acids is 1. The van der Waals surface area contributed by atoms with Gasteiger partial charge in [-0.15, -0.1) is 0 Å². The molecule has 0 saturated heterocycles. The van der Waals surface area contributed by atoms with Crippen LogP contribution in [0.25, 0.3) is 0 Å². The molecule has 6 nitrogen and oxygen atoms in total. The van der Waals surface area contributed by atoms with Gasteiger partial charge in [0.25, 0.3) is 11.5 Å². The molecule has 1 rings (SSSR count). The molecular formula is C10H12N2O4. The zero-order valence-electron chi connectivity index (χ0n) is 8.93. The number of carboxylic acid groups (broad SMARTS) is 1. The van der Waals surface area contributed by atoms with Crippen LogP contribution in [0.2, 0.25) is 0 Å². The van der Waals surface area contributed by atoms with E-state index in [9.17, 15) is 14.4 Å². The monoisotopic (exact) mass is 224 g/mol. The van der Waals surface area contributed by atoms with Crippen molar-refractivity contribution >= 4 is 11.9 Å². The van der Waals surface area contributed by atoms with Crippen LogP contribution in [-0.2, 0) is 11.8 Å². The summed E-state index contributed by atoms with van der Waals surface area (Å²) in [7, 11) is 1.56. The molecule has 1 unspecified atom stereocenters. The fourth-order valence-corrected chi connectivity index (χ4v) is 1.03. The molecule has 1 amide bonds. The minimum atomic E-state index is -1.13. The number of hydrogen-bond acceptors (Lipinski definition) is 3. The van der Waals surface area contributed by atoms with E-state index in [1.165, 1.54) is 23.8 Å². The largest absolute Gasteiger partial charge is 0.480 e. The van der Waals surface area contributed by atoms with E-state index in [-0.39, 0.29) is 11.1 Å². The summed E-state index contributed by atoms with van der Waals surface area (Å²) in [6, 6.07) is 1.62. The van der Waals surface area contributed by atoms with Crippen LogP contribution in [0, 0.1) is 0 Å². The van der Waals surface area contributed by atoms with Gasteiger partial charge in [-0.1, -0.05) is 0 Å². The first-order valence-electron chi connectivity index (χ1n) is 4.62. The molecule has 0 aliphatic carbocycles. The van der Waals surface area contributed by atoms with E-state index in [1.807, 2.05) is 0 Å². The Balaban J connectivity index is 2.85. The Morgan fingerprint density at radius 2 is 2.12 bits per heavy atom. The highest BCUT2D eigenvalue weighted by atomic mass is 16.4. The van der Waals surface area contributed by atoms with E-state index in [1.54, 1.807) is 7.05 Å². The molecule has 0 aromatic carbocycles. The highest BCUT2D eigenvalue weighted by Gasteiger charge is 2.15. The maximum atomic E-state index is 11.5. The van der Waals surface area contributed by atoms with Crippen LogP contribution in [0.3, 0.4) is 0 Å². The summed E-state index contributed by atoms with van der Waals surface area (Å²) in [5.74, 6) is -1.70. The lowest BCUT2D eigenvalue weighted by Gasteiger charge is -2.09. The smallest absolute Gasteiger partial charge is 0.325 e. The molecule has 0 spiro atoms. The second kappa shape index (κ2) is 4.61. The van der Waals surface area contributed by atoms with Gasteiger partial charge >= 0.3 is 5.97 Å². The van der Waals surface area contributed by atoms with Crippen LogP contribution in [0.4, 0.5) is 0 Å². The van der Waals surface area contributed by atoms with Crippen molar-refractivity contribution < 1.29 is 14.7 Å². The van der Waals surface area contributed by atoms with Crippen LogP contribution in [0.5, 0.6) is 0 Å². The Morgan fingerprint density at radius 1 is 1.50 bits per heavy atom. The molecule has 1 aromatic heterocycles. The third-order valence-electron chi connectivity index (χ3n) is 2.08. The standard InChI is InChI=1S/C10H12N2O4/c1-6(10(15)16)11-9(14)7-3-4-12(2)8(13)5-7/h3-6H,1-2H3,(H,11,14)(H,15,16). The molecule has 0 saturated carbocycles. The summed E-state index contributed by atoms with van der Waals surface area (Å²) in [6.07, 6.45) is 1.45. The van der Waals surface area contributed by atoms with Crippen molar-refractivity contribution in [2.45, 2.75) is 13.0 Å². The first-order valence-corrected chi connectivity index (χ1v) is 4.62. The fourth-order valence-electron chi connectivity index (χ4n) is 1.03. The number of aryl methyl sites for hydroxylation is 1. The highest BCUT2D eigenvalue weighted by molar-refractivity contribution is 5.96. The molecule has 0 aliphatic rings. The molecule has 0 radical (unpaired) electrons. The van der Waals surface area contributed by atoms with E-state index in [0.29, 0.717) is 0 Å². The Hall–Kier alpha value is -2.11. The number of nitrogens with one attached hydrogen (secondary N) is 1. The lowest BCUT2D eigenvalue weighted by molar-refractivity contribution is -0.138. The lowest BCUT2D eigenvalue weighted by atomic mass is 10.2. The first kappa shape index (κ1) is 12.0.